The van der Waals surface area contributed by atoms with Crippen molar-refractivity contribution in [1.82, 2.24) is 15.5 Å². The Morgan fingerprint density at radius 1 is 1.33 bits per heavy atom. The first-order valence-electron chi connectivity index (χ1n) is 8.79. The van der Waals surface area contributed by atoms with Crippen LogP contribution in [0.3, 0.4) is 0 Å². The lowest BCUT2D eigenvalue weighted by Crippen LogP contribution is -2.52. The van der Waals surface area contributed by atoms with E-state index in [1.165, 1.54) is 5.56 Å². The van der Waals surface area contributed by atoms with Crippen LogP contribution in [0.5, 0.6) is 0 Å². The van der Waals surface area contributed by atoms with Gasteiger partial charge in [0.1, 0.15) is 0 Å². The monoisotopic (exact) mass is 333 g/mol. The Labute approximate surface area is 145 Å². The predicted molar refractivity (Wildman–Crippen MR) is 96.8 cm³/mol. The molecule has 2 rings (SSSR count). The number of benzene rings is 1. The van der Waals surface area contributed by atoms with Crippen molar-refractivity contribution in [3.05, 3.63) is 35.9 Å². The number of ether oxygens (including phenoxy) is 1. The predicted octanol–water partition coefficient (Wildman–Crippen LogP) is 1.64. The zero-order valence-electron chi connectivity index (χ0n) is 15.2. The Bertz CT molecular complexity index is 495. The summed E-state index contributed by atoms with van der Waals surface area (Å²) in [7, 11) is 3.77. The van der Waals surface area contributed by atoms with Crippen LogP contribution in [0.4, 0.5) is 0 Å². The van der Waals surface area contributed by atoms with Crippen LogP contribution in [0, 0.1) is 5.41 Å². The van der Waals surface area contributed by atoms with Crippen LogP contribution >= 0.6 is 0 Å². The fraction of sp³-hybridized carbons (Fsp3) is 0.632. The number of likely N-dealkylation sites (N-methyl/N-ethyl adjacent to an activating group) is 1. The molecule has 134 valence electrons. The minimum Gasteiger partial charge on any atom is -0.384 e. The Hall–Kier alpha value is -1.43. The molecule has 1 fully saturated rings. The van der Waals surface area contributed by atoms with E-state index in [2.05, 4.69) is 53.8 Å². The molecule has 1 saturated heterocycles. The van der Waals surface area contributed by atoms with Gasteiger partial charge in [-0.25, -0.2) is 0 Å². The zero-order chi connectivity index (χ0) is 17.4. The molecule has 0 radical (unpaired) electrons. The number of hydrogen-bond donors (Lipinski definition) is 2. The number of methoxy groups -OCH3 is 1. The Morgan fingerprint density at radius 2 is 2.00 bits per heavy atom. The molecule has 0 saturated carbocycles. The molecule has 0 aliphatic carbocycles. The molecule has 5 nitrogen and oxygen atoms in total. The van der Waals surface area contributed by atoms with Gasteiger partial charge in [0.25, 0.3) is 0 Å². The van der Waals surface area contributed by atoms with E-state index in [9.17, 15) is 4.79 Å². The molecule has 0 spiro atoms. The standard InChI is InChI=1S/C19H31N3O2/c1-16(22(2)14-17-7-5-4-6-8-17)13-21-18(23)19(15-24-3)9-11-20-12-10-19/h4-8,16,20H,9-15H2,1-3H3,(H,21,23). The van der Waals surface area contributed by atoms with Gasteiger partial charge in [-0.15, -0.1) is 0 Å². The van der Waals surface area contributed by atoms with Gasteiger partial charge in [-0.2, -0.15) is 0 Å². The third-order valence-electron chi connectivity index (χ3n) is 5.05. The van der Waals surface area contributed by atoms with E-state index in [0.29, 0.717) is 13.2 Å². The molecule has 2 N–H and O–H groups in total. The summed E-state index contributed by atoms with van der Waals surface area (Å²) in [5, 5.41) is 6.48. The van der Waals surface area contributed by atoms with Crippen molar-refractivity contribution >= 4 is 5.91 Å². The average Bonchev–Trinajstić information content (AvgIpc) is 2.61. The average molecular weight is 333 g/mol. The number of amides is 1. The van der Waals surface area contributed by atoms with Crippen molar-refractivity contribution in [3.63, 3.8) is 0 Å². The summed E-state index contributed by atoms with van der Waals surface area (Å²) in [6.07, 6.45) is 1.67. The fourth-order valence-corrected chi connectivity index (χ4v) is 3.23. The number of nitrogens with one attached hydrogen (secondary N) is 2. The van der Waals surface area contributed by atoms with E-state index in [4.69, 9.17) is 4.74 Å². The highest BCUT2D eigenvalue weighted by Gasteiger charge is 2.39. The van der Waals surface area contributed by atoms with E-state index >= 15 is 0 Å². The minimum absolute atomic E-state index is 0.130. The Kier molecular flexibility index (Phi) is 7.21. The number of carbonyl (C=O) groups excluding carboxylic acids is 1. The lowest BCUT2D eigenvalue weighted by molar-refractivity contribution is -0.136. The lowest BCUT2D eigenvalue weighted by atomic mass is 9.78. The molecule has 24 heavy (non-hydrogen) atoms. The van der Waals surface area contributed by atoms with Crippen molar-refractivity contribution in [3.8, 4) is 0 Å². The third kappa shape index (κ3) is 5.03. The summed E-state index contributed by atoms with van der Waals surface area (Å²) < 4.78 is 5.34. The Balaban J connectivity index is 1.85. The van der Waals surface area contributed by atoms with Crippen molar-refractivity contribution in [2.24, 2.45) is 5.41 Å². The topological polar surface area (TPSA) is 53.6 Å². The smallest absolute Gasteiger partial charge is 0.228 e. The second-order valence-corrected chi connectivity index (χ2v) is 6.92. The molecule has 1 unspecified atom stereocenters. The maximum absolute atomic E-state index is 12.8. The minimum atomic E-state index is -0.377. The summed E-state index contributed by atoms with van der Waals surface area (Å²) in [5.74, 6) is 0.130. The van der Waals surface area contributed by atoms with Gasteiger partial charge in [-0.1, -0.05) is 30.3 Å². The molecule has 1 atom stereocenters. The molecule has 0 bridgehead atoms. The molecular formula is C19H31N3O2. The highest BCUT2D eigenvalue weighted by atomic mass is 16.5. The van der Waals surface area contributed by atoms with Gasteiger partial charge >= 0.3 is 0 Å². The molecule has 1 aromatic rings. The molecule has 1 heterocycles. The van der Waals surface area contributed by atoms with Gasteiger partial charge in [0.05, 0.1) is 12.0 Å². The molecule has 0 aromatic heterocycles. The van der Waals surface area contributed by atoms with Gasteiger partial charge in [0.2, 0.25) is 5.91 Å². The van der Waals surface area contributed by atoms with Gasteiger partial charge in [0.15, 0.2) is 0 Å². The van der Waals surface area contributed by atoms with Crippen LogP contribution in [-0.2, 0) is 16.1 Å². The summed E-state index contributed by atoms with van der Waals surface area (Å²) >= 11 is 0. The quantitative estimate of drug-likeness (QED) is 0.759. The van der Waals surface area contributed by atoms with Gasteiger partial charge in [-0.3, -0.25) is 9.69 Å². The first-order chi connectivity index (χ1) is 11.6. The normalized spacial score (nSPS) is 18.3. The Morgan fingerprint density at radius 3 is 2.62 bits per heavy atom. The first-order valence-corrected chi connectivity index (χ1v) is 8.79. The number of hydrogen-bond acceptors (Lipinski definition) is 4. The highest BCUT2D eigenvalue weighted by Crippen LogP contribution is 2.29. The fourth-order valence-electron chi connectivity index (χ4n) is 3.23. The van der Waals surface area contributed by atoms with E-state index < -0.39 is 0 Å². The summed E-state index contributed by atoms with van der Waals surface area (Å²) in [4.78, 5) is 15.0. The van der Waals surface area contributed by atoms with Gasteiger partial charge in [-0.05, 0) is 45.5 Å². The molecule has 5 heteroatoms. The van der Waals surface area contributed by atoms with Gasteiger partial charge < -0.3 is 15.4 Å². The number of carbonyl (C=O) groups is 1. The highest BCUT2D eigenvalue weighted by molar-refractivity contribution is 5.83. The van der Waals surface area contributed by atoms with Crippen LogP contribution in [0.25, 0.3) is 0 Å². The molecule has 1 amide bonds. The van der Waals surface area contributed by atoms with Gasteiger partial charge in [0, 0.05) is 26.2 Å². The van der Waals surface area contributed by atoms with Crippen molar-refractivity contribution < 1.29 is 9.53 Å². The van der Waals surface area contributed by atoms with E-state index in [-0.39, 0.29) is 17.4 Å². The summed E-state index contributed by atoms with van der Waals surface area (Å²) in [6.45, 7) is 5.93. The van der Waals surface area contributed by atoms with E-state index in [0.717, 1.165) is 32.5 Å². The van der Waals surface area contributed by atoms with Crippen LogP contribution in [0.2, 0.25) is 0 Å². The molecule has 1 aromatic carbocycles. The van der Waals surface area contributed by atoms with Crippen molar-refractivity contribution in [2.75, 3.05) is 40.4 Å². The van der Waals surface area contributed by atoms with E-state index in [1.807, 2.05) is 6.07 Å². The number of rotatable bonds is 8. The summed E-state index contributed by atoms with van der Waals surface area (Å²) in [5.41, 5.74) is 0.907. The largest absolute Gasteiger partial charge is 0.384 e. The molecular weight excluding hydrogens is 302 g/mol. The van der Waals surface area contributed by atoms with Crippen LogP contribution in [0.1, 0.15) is 25.3 Å². The SMILES string of the molecule is COCC1(C(=O)NCC(C)N(C)Cc2ccccc2)CCNCC1. The first kappa shape index (κ1) is 18.9. The zero-order valence-corrected chi connectivity index (χ0v) is 15.2. The molecule has 1 aliphatic heterocycles. The summed E-state index contributed by atoms with van der Waals surface area (Å²) in [6, 6.07) is 10.7. The maximum Gasteiger partial charge on any atom is 0.228 e. The lowest BCUT2D eigenvalue weighted by Gasteiger charge is -2.36. The second kappa shape index (κ2) is 9.16. The number of piperidine rings is 1. The van der Waals surface area contributed by atoms with Crippen molar-refractivity contribution in [2.45, 2.75) is 32.4 Å². The van der Waals surface area contributed by atoms with Crippen LogP contribution in [-0.4, -0.2) is 57.2 Å². The maximum atomic E-state index is 12.8. The van der Waals surface area contributed by atoms with Crippen molar-refractivity contribution in [1.29, 1.82) is 0 Å². The number of nitrogens with zero attached hydrogens (tertiary/aromatic N) is 1. The second-order valence-electron chi connectivity index (χ2n) is 6.92. The van der Waals surface area contributed by atoms with Crippen LogP contribution in [0.15, 0.2) is 30.3 Å². The molecule has 1 aliphatic rings. The van der Waals surface area contributed by atoms with Crippen LogP contribution < -0.4 is 10.6 Å². The van der Waals surface area contributed by atoms with E-state index in [1.54, 1.807) is 7.11 Å². The third-order valence-corrected chi connectivity index (χ3v) is 5.05.